The highest BCUT2D eigenvalue weighted by Gasteiger charge is 2.35. The predicted molar refractivity (Wildman–Crippen MR) is 107 cm³/mol. The molecule has 6 nitrogen and oxygen atoms in total. The van der Waals surface area contributed by atoms with Crippen LogP contribution in [0.5, 0.6) is 0 Å². The first kappa shape index (κ1) is 20.0. The van der Waals surface area contributed by atoms with Gasteiger partial charge >= 0.3 is 0 Å². The van der Waals surface area contributed by atoms with Crippen molar-refractivity contribution in [1.29, 1.82) is 0 Å². The lowest BCUT2D eigenvalue weighted by Crippen LogP contribution is -2.32. The summed E-state index contributed by atoms with van der Waals surface area (Å²) < 4.78 is 26.7. The van der Waals surface area contributed by atoms with Gasteiger partial charge in [0.05, 0.1) is 5.92 Å². The molecule has 0 spiro atoms. The molecule has 0 aliphatic carbocycles. The van der Waals surface area contributed by atoms with Crippen molar-refractivity contribution in [3.8, 4) is 0 Å². The van der Waals surface area contributed by atoms with E-state index in [1.165, 1.54) is 13.0 Å². The van der Waals surface area contributed by atoms with Crippen LogP contribution in [0.15, 0.2) is 36.4 Å². The van der Waals surface area contributed by atoms with Crippen molar-refractivity contribution in [2.75, 3.05) is 22.9 Å². The zero-order valence-electron chi connectivity index (χ0n) is 16.5. The smallest absolute Gasteiger partial charge is 0.227 e. The summed E-state index contributed by atoms with van der Waals surface area (Å²) in [4.78, 5) is 40.0. The number of fused-ring (bicyclic) bond motifs is 1. The van der Waals surface area contributed by atoms with Gasteiger partial charge in [0.1, 0.15) is 11.6 Å². The lowest BCUT2D eigenvalue weighted by atomic mass is 10.1. The largest absolute Gasteiger partial charge is 0.352 e. The van der Waals surface area contributed by atoms with Gasteiger partial charge in [-0.15, -0.1) is 0 Å². The van der Waals surface area contributed by atoms with Crippen molar-refractivity contribution in [2.45, 2.75) is 26.3 Å². The predicted octanol–water partition coefficient (Wildman–Crippen LogP) is 2.54. The molecule has 0 unspecified atom stereocenters. The van der Waals surface area contributed by atoms with Crippen molar-refractivity contribution >= 4 is 29.1 Å². The Morgan fingerprint density at radius 2 is 1.97 bits per heavy atom. The van der Waals surface area contributed by atoms with Crippen LogP contribution < -0.4 is 15.1 Å². The van der Waals surface area contributed by atoms with E-state index in [2.05, 4.69) is 5.32 Å². The molecule has 30 heavy (non-hydrogen) atoms. The van der Waals surface area contributed by atoms with Crippen LogP contribution in [-0.4, -0.2) is 30.8 Å². The average molecular weight is 413 g/mol. The van der Waals surface area contributed by atoms with Gasteiger partial charge in [-0.2, -0.15) is 0 Å². The van der Waals surface area contributed by atoms with Crippen LogP contribution >= 0.6 is 0 Å². The highest BCUT2D eigenvalue weighted by Crippen LogP contribution is 2.34. The quantitative estimate of drug-likeness (QED) is 0.838. The zero-order valence-corrected chi connectivity index (χ0v) is 16.5. The van der Waals surface area contributed by atoms with Crippen LogP contribution in [0.3, 0.4) is 0 Å². The van der Waals surface area contributed by atoms with Gasteiger partial charge in [0, 0.05) is 56.0 Å². The summed E-state index contributed by atoms with van der Waals surface area (Å²) in [6.07, 6.45) is 0.784. The molecule has 2 aliphatic heterocycles. The lowest BCUT2D eigenvalue weighted by Gasteiger charge is -2.19. The van der Waals surface area contributed by atoms with E-state index >= 15 is 0 Å². The van der Waals surface area contributed by atoms with E-state index in [4.69, 9.17) is 0 Å². The van der Waals surface area contributed by atoms with Crippen molar-refractivity contribution in [2.24, 2.45) is 5.92 Å². The molecular formula is C22H21F2N3O3. The Balaban J connectivity index is 1.42. The van der Waals surface area contributed by atoms with Gasteiger partial charge in [-0.05, 0) is 36.2 Å². The summed E-state index contributed by atoms with van der Waals surface area (Å²) in [5, 5.41) is 2.63. The van der Waals surface area contributed by atoms with Gasteiger partial charge in [-0.3, -0.25) is 14.4 Å². The molecule has 3 amide bonds. The molecule has 8 heteroatoms. The zero-order chi connectivity index (χ0) is 21.4. The SMILES string of the molecule is CC(=O)N1CCc2cc(N3C[C@H](C(=O)NCc4ccc(F)cc4F)CC3=O)ccc21. The normalized spacial score (nSPS) is 18.0. The Bertz CT molecular complexity index is 1040. The van der Waals surface area contributed by atoms with Crippen LogP contribution in [0.25, 0.3) is 0 Å². The standard InChI is InChI=1S/C22H21F2N3O3/c1-13(28)26-7-6-14-8-18(4-5-20(14)26)27-12-16(9-21(27)29)22(30)25-11-15-2-3-17(23)10-19(15)24/h2-5,8,10,16H,6-7,9,11-12H2,1H3,(H,25,30)/t16-/m1/s1. The number of rotatable bonds is 4. The molecule has 0 aromatic heterocycles. The van der Waals surface area contributed by atoms with Crippen LogP contribution in [0.4, 0.5) is 20.2 Å². The first-order chi connectivity index (χ1) is 14.3. The Labute approximate surface area is 172 Å². The third kappa shape index (κ3) is 3.77. The second-order valence-electron chi connectivity index (χ2n) is 7.59. The maximum absolute atomic E-state index is 13.7. The van der Waals surface area contributed by atoms with E-state index < -0.39 is 17.6 Å². The third-order valence-electron chi connectivity index (χ3n) is 5.61. The first-order valence-corrected chi connectivity index (χ1v) is 9.76. The summed E-state index contributed by atoms with van der Waals surface area (Å²) in [6.45, 7) is 2.29. The Hall–Kier alpha value is -3.29. The molecule has 1 saturated heterocycles. The van der Waals surface area contributed by atoms with Gasteiger partial charge in [0.25, 0.3) is 0 Å². The summed E-state index contributed by atoms with van der Waals surface area (Å²) in [7, 11) is 0. The summed E-state index contributed by atoms with van der Waals surface area (Å²) in [5.41, 5.74) is 2.73. The number of hydrogen-bond donors (Lipinski definition) is 1. The van der Waals surface area contributed by atoms with Crippen molar-refractivity contribution in [3.63, 3.8) is 0 Å². The summed E-state index contributed by atoms with van der Waals surface area (Å²) >= 11 is 0. The Morgan fingerprint density at radius 1 is 1.17 bits per heavy atom. The van der Waals surface area contributed by atoms with Crippen LogP contribution in [0.2, 0.25) is 0 Å². The summed E-state index contributed by atoms with van der Waals surface area (Å²) in [6, 6.07) is 8.69. The molecule has 0 bridgehead atoms. The molecule has 0 saturated carbocycles. The number of nitrogens with zero attached hydrogens (tertiary/aromatic N) is 2. The molecule has 0 radical (unpaired) electrons. The highest BCUT2D eigenvalue weighted by atomic mass is 19.1. The van der Waals surface area contributed by atoms with Gasteiger partial charge in [-0.1, -0.05) is 6.07 Å². The molecule has 1 atom stereocenters. The molecule has 2 aliphatic rings. The molecule has 156 valence electrons. The van der Waals surface area contributed by atoms with Crippen LogP contribution in [-0.2, 0) is 27.3 Å². The fourth-order valence-electron chi connectivity index (χ4n) is 4.01. The molecular weight excluding hydrogens is 392 g/mol. The lowest BCUT2D eigenvalue weighted by molar-refractivity contribution is -0.126. The number of halogens is 2. The Morgan fingerprint density at radius 3 is 2.70 bits per heavy atom. The number of benzene rings is 2. The van der Waals surface area contributed by atoms with Crippen LogP contribution in [0, 0.1) is 17.6 Å². The number of carbonyl (C=O) groups excluding carboxylic acids is 3. The van der Waals surface area contributed by atoms with E-state index in [1.54, 1.807) is 15.9 Å². The highest BCUT2D eigenvalue weighted by molar-refractivity contribution is 6.01. The molecule has 1 fully saturated rings. The van der Waals surface area contributed by atoms with E-state index in [9.17, 15) is 23.2 Å². The number of hydrogen-bond acceptors (Lipinski definition) is 3. The van der Waals surface area contributed by atoms with Crippen molar-refractivity contribution in [1.82, 2.24) is 5.32 Å². The second kappa shape index (κ2) is 7.85. The van der Waals surface area contributed by atoms with Gasteiger partial charge < -0.3 is 15.1 Å². The van der Waals surface area contributed by atoms with E-state index in [1.807, 2.05) is 12.1 Å². The average Bonchev–Trinajstić information content (AvgIpc) is 3.30. The Kier molecular flexibility index (Phi) is 5.24. The topological polar surface area (TPSA) is 69.7 Å². The van der Waals surface area contributed by atoms with Gasteiger partial charge in [-0.25, -0.2) is 8.78 Å². The monoisotopic (exact) mass is 413 g/mol. The minimum Gasteiger partial charge on any atom is -0.352 e. The maximum Gasteiger partial charge on any atom is 0.227 e. The number of amides is 3. The minimum atomic E-state index is -0.725. The third-order valence-corrected chi connectivity index (χ3v) is 5.61. The fourth-order valence-corrected chi connectivity index (χ4v) is 4.01. The van der Waals surface area contributed by atoms with E-state index in [0.717, 1.165) is 29.8 Å². The number of nitrogens with one attached hydrogen (secondary N) is 1. The van der Waals surface area contributed by atoms with Crippen molar-refractivity contribution < 1.29 is 23.2 Å². The number of carbonyl (C=O) groups is 3. The molecule has 2 heterocycles. The first-order valence-electron chi connectivity index (χ1n) is 9.76. The van der Waals surface area contributed by atoms with Crippen LogP contribution in [0.1, 0.15) is 24.5 Å². The van der Waals surface area contributed by atoms with Gasteiger partial charge in [0.15, 0.2) is 0 Å². The molecule has 1 N–H and O–H groups in total. The van der Waals surface area contributed by atoms with E-state index in [0.29, 0.717) is 12.2 Å². The van der Waals surface area contributed by atoms with Gasteiger partial charge in [0.2, 0.25) is 17.7 Å². The van der Waals surface area contributed by atoms with Crippen molar-refractivity contribution in [3.05, 3.63) is 59.2 Å². The molecule has 2 aromatic carbocycles. The molecule has 2 aromatic rings. The maximum atomic E-state index is 13.7. The number of anilines is 2. The summed E-state index contributed by atoms with van der Waals surface area (Å²) in [5.74, 6) is -2.49. The van der Waals surface area contributed by atoms with E-state index in [-0.39, 0.29) is 42.8 Å². The molecule has 4 rings (SSSR count). The minimum absolute atomic E-state index is 0.0203. The fraction of sp³-hybridized carbons (Fsp3) is 0.318. The second-order valence-corrected chi connectivity index (χ2v) is 7.59.